The van der Waals surface area contributed by atoms with Crippen LogP contribution < -0.4 is 34.7 Å². The summed E-state index contributed by atoms with van der Waals surface area (Å²) in [6.45, 7) is 5.47. The summed E-state index contributed by atoms with van der Waals surface area (Å²) < 4.78 is 1.49. The van der Waals surface area contributed by atoms with E-state index in [-0.39, 0.29) is 29.6 Å². The maximum atomic E-state index is 9.53. The maximum Gasteiger partial charge on any atom is 1.00 e. The van der Waals surface area contributed by atoms with Crippen LogP contribution in [-0.2, 0) is 0 Å². The van der Waals surface area contributed by atoms with Gasteiger partial charge in [-0.15, -0.1) is 6.10 Å². The van der Waals surface area contributed by atoms with Gasteiger partial charge in [0, 0.05) is 0 Å². The van der Waals surface area contributed by atoms with Gasteiger partial charge in [-0.3, -0.25) is 0 Å². The third-order valence-corrected chi connectivity index (χ3v) is 1.66. The van der Waals surface area contributed by atoms with Gasteiger partial charge in [0.25, 0.3) is 0 Å². The zero-order valence-corrected chi connectivity index (χ0v) is 12.8. The largest absolute Gasteiger partial charge is 1.00 e. The summed E-state index contributed by atoms with van der Waals surface area (Å²) in [6.07, 6.45) is 3.88. The molecule has 0 unspecified atom stereocenters. The predicted molar refractivity (Wildman–Crippen MR) is 45.2 cm³/mol. The van der Waals surface area contributed by atoms with E-state index in [4.69, 9.17) is 0 Å². The number of hydrogen-bond donors (Lipinski definition) is 0. The average molecular weight is 176 g/mol. The summed E-state index contributed by atoms with van der Waals surface area (Å²) in [6, 6.07) is 0. The summed E-state index contributed by atoms with van der Waals surface area (Å²) in [7, 11) is 0. The van der Waals surface area contributed by atoms with Crippen LogP contribution in [0.15, 0.2) is 0 Å². The topological polar surface area (TPSA) is 23.1 Å². The minimum atomic E-state index is -0.417. The molecule has 0 atom stereocenters. The first kappa shape index (κ1) is 18.7. The second-order valence-corrected chi connectivity index (χ2v) is 3.76. The Balaban J connectivity index is -0.000000114. The van der Waals surface area contributed by atoms with Crippen molar-refractivity contribution in [2.45, 2.75) is 49.8 Å². The van der Waals surface area contributed by atoms with E-state index in [2.05, 4.69) is 6.92 Å². The van der Waals surface area contributed by atoms with Crippen molar-refractivity contribution in [1.82, 2.24) is 0 Å². The zero-order valence-electron chi connectivity index (χ0n) is 8.81. The molecule has 1 nitrogen and oxygen atoms in total. The van der Waals surface area contributed by atoms with Crippen LogP contribution in [0.1, 0.15) is 40.0 Å². The first-order valence-corrected chi connectivity index (χ1v) is 5.72. The van der Waals surface area contributed by atoms with Gasteiger partial charge in [-0.2, -0.15) is 0 Å². The predicted octanol–water partition coefficient (Wildman–Crippen LogP) is -1.48. The Morgan fingerprint density at radius 1 is 1.27 bits per heavy atom. The van der Waals surface area contributed by atoms with Crippen molar-refractivity contribution in [3.8, 4) is 0 Å². The molecule has 0 saturated carbocycles. The molecule has 0 aliphatic heterocycles. The van der Waals surface area contributed by atoms with Crippen LogP contribution in [0, 0.1) is 0 Å². The molecule has 0 bridgehead atoms. The number of rotatable bonds is 3. The van der Waals surface area contributed by atoms with Gasteiger partial charge in [-0.1, -0.05) is 13.8 Å². The number of hydrogen-bond acceptors (Lipinski definition) is 1. The molecule has 0 spiro atoms. The van der Waals surface area contributed by atoms with E-state index in [1.54, 1.807) is 13.8 Å². The zero-order chi connectivity index (χ0) is 8.41. The van der Waals surface area contributed by atoms with Crippen LogP contribution in [0.4, 0.5) is 0 Å². The van der Waals surface area contributed by atoms with Gasteiger partial charge >= 0.3 is 87.3 Å². The minimum absolute atomic E-state index is 0. The van der Waals surface area contributed by atoms with E-state index in [1.807, 2.05) is 0 Å². The van der Waals surface area contributed by atoms with E-state index in [0.29, 0.717) is 0 Å². The fraction of sp³-hybridized carbons (Fsp3) is 1.00. The number of unbranched alkanes of at least 4 members (excludes halogenated alkanes) is 2. The van der Waals surface area contributed by atoms with Crippen molar-refractivity contribution in [2.24, 2.45) is 0 Å². The van der Waals surface area contributed by atoms with Gasteiger partial charge in [0.1, 0.15) is 0 Å². The van der Waals surface area contributed by atoms with E-state index in [1.165, 1.54) is 50.9 Å². The van der Waals surface area contributed by atoms with Gasteiger partial charge in [-0.25, -0.2) is 0 Å². The first-order chi connectivity index (χ1) is 4.65. The Hall–Kier alpha value is 1.96. The van der Waals surface area contributed by atoms with Gasteiger partial charge in [-0.05, 0) is 0 Å². The van der Waals surface area contributed by atoms with Gasteiger partial charge in [0.15, 0.2) is 0 Å². The van der Waals surface area contributed by atoms with E-state index >= 15 is 0 Å². The Morgan fingerprint density at radius 3 is 1.73 bits per heavy atom. The molecule has 58 valence electrons. The molecule has 3 heteroatoms. The summed E-state index contributed by atoms with van der Waals surface area (Å²) in [5.41, 5.74) is 0. The monoisotopic (exact) mass is 176 g/mol. The van der Waals surface area contributed by atoms with E-state index in [0.717, 1.165) is 0 Å². The van der Waals surface area contributed by atoms with Crippen molar-refractivity contribution in [3.63, 3.8) is 0 Å². The molecule has 0 fully saturated rings. The van der Waals surface area contributed by atoms with Crippen molar-refractivity contribution in [2.75, 3.05) is 0 Å². The molecule has 0 heterocycles. The molecule has 0 aromatic carbocycles. The van der Waals surface area contributed by atoms with Crippen molar-refractivity contribution in [3.05, 3.63) is 0 Å². The molecule has 0 aliphatic rings. The molecule has 11 heavy (non-hydrogen) atoms. The van der Waals surface area contributed by atoms with E-state index < -0.39 is 6.10 Å². The molecule has 0 amide bonds. The smallest absolute Gasteiger partial charge is 1.00 e. The van der Waals surface area contributed by atoms with E-state index in [9.17, 15) is 5.11 Å². The summed E-state index contributed by atoms with van der Waals surface area (Å²) in [4.78, 5) is 0. The molecule has 0 radical (unpaired) electrons. The third kappa shape index (κ3) is 48.2. The Labute approximate surface area is 111 Å². The fourth-order valence-corrected chi connectivity index (χ4v) is 1.000. The fourth-order valence-electron chi connectivity index (χ4n) is 0.500. The van der Waals surface area contributed by atoms with Crippen LogP contribution in [0.5, 0.6) is 0 Å². The van der Waals surface area contributed by atoms with Crippen LogP contribution >= 0.6 is 0 Å². The Morgan fingerprint density at radius 2 is 1.64 bits per heavy atom. The normalized spacial score (nSPS) is 8.27. The quantitative estimate of drug-likeness (QED) is 0.380. The first-order valence-electron chi connectivity index (χ1n) is 4.30. The minimum Gasteiger partial charge on any atom is 1.00 e. The van der Waals surface area contributed by atoms with Crippen LogP contribution in [0.25, 0.3) is 0 Å². The maximum absolute atomic E-state index is 9.53. The van der Waals surface area contributed by atoms with Gasteiger partial charge in [0.05, 0.1) is 0 Å². The standard InChI is InChI=1S/C5H11.C3H7O.2Na/c1-3-5-4-2;1-3(2)4;;/h1,3-5H2,2H3;3H,1-2H3;;/q;-1;;+1. The summed E-state index contributed by atoms with van der Waals surface area (Å²) >= 11 is 1.40. The van der Waals surface area contributed by atoms with Crippen molar-refractivity contribution < 1.29 is 34.7 Å². The Kier molecular flexibility index (Phi) is 30.4. The molecule has 0 aromatic heterocycles. The molecule has 0 aliphatic carbocycles. The second kappa shape index (κ2) is 17.9. The van der Waals surface area contributed by atoms with Crippen LogP contribution in [0.2, 0.25) is 3.67 Å². The molecule has 0 rings (SSSR count). The van der Waals surface area contributed by atoms with Gasteiger partial charge < -0.3 is 5.11 Å². The molecular weight excluding hydrogens is 158 g/mol. The second-order valence-electron chi connectivity index (χ2n) is 2.76. The van der Waals surface area contributed by atoms with Crippen molar-refractivity contribution in [1.29, 1.82) is 0 Å². The summed E-state index contributed by atoms with van der Waals surface area (Å²) in [5.74, 6) is 0. The molecule has 0 aromatic rings. The van der Waals surface area contributed by atoms with Crippen LogP contribution in [-0.4, -0.2) is 34.0 Å². The third-order valence-electron chi connectivity index (χ3n) is 0.957. The Bertz CT molecular complexity index is 42.6. The van der Waals surface area contributed by atoms with Crippen LogP contribution in [0.3, 0.4) is 0 Å². The average Bonchev–Trinajstić information content (AvgIpc) is 1.82. The van der Waals surface area contributed by atoms with Crippen molar-refractivity contribution >= 4 is 27.9 Å². The van der Waals surface area contributed by atoms with Gasteiger partial charge in [0.2, 0.25) is 0 Å². The summed E-state index contributed by atoms with van der Waals surface area (Å²) in [5, 5.41) is 9.53. The molecule has 0 N–H and O–H groups in total. The SMILES string of the molecule is CC(C)[O-].CCCC[CH2][Na].[Na+]. The molecule has 0 saturated heterocycles. The molecular formula is C8H18Na2O.